The van der Waals surface area contributed by atoms with Gasteiger partial charge in [0.05, 0.1) is 27.4 Å². The van der Waals surface area contributed by atoms with Crippen LogP contribution in [0.15, 0.2) is 66.7 Å². The van der Waals surface area contributed by atoms with Crippen LogP contribution in [0.4, 0.5) is 0 Å². The summed E-state index contributed by atoms with van der Waals surface area (Å²) in [5.41, 5.74) is 2.15. The SMILES string of the molecule is COCOC1CC(CO[Si](c2ccccc2)(c2ccccc2)C(C)(C)C)CCc2c1cc(OC)c(OC)c2OC. The number of hydrogen-bond donors (Lipinski definition) is 0. The number of methoxy groups -OCH3 is 4. The predicted octanol–water partition coefficient (Wildman–Crippen LogP) is 5.90. The fourth-order valence-corrected chi connectivity index (χ4v) is 10.8. The Hall–Kier alpha value is -2.84. The monoisotopic (exact) mass is 564 g/mol. The van der Waals surface area contributed by atoms with Gasteiger partial charge in [0.1, 0.15) is 6.79 Å². The van der Waals surface area contributed by atoms with Crippen molar-refractivity contribution in [2.45, 2.75) is 51.2 Å². The molecule has 3 aromatic rings. The molecule has 40 heavy (non-hydrogen) atoms. The maximum atomic E-state index is 7.33. The van der Waals surface area contributed by atoms with Crippen LogP contribution < -0.4 is 24.6 Å². The van der Waals surface area contributed by atoms with Gasteiger partial charge in [0, 0.05) is 19.3 Å². The first-order chi connectivity index (χ1) is 19.3. The molecule has 1 aliphatic rings. The molecule has 1 aliphatic carbocycles. The Balaban J connectivity index is 1.72. The van der Waals surface area contributed by atoms with Crippen molar-refractivity contribution in [3.8, 4) is 17.2 Å². The summed E-state index contributed by atoms with van der Waals surface area (Å²) in [5, 5.41) is 2.49. The fraction of sp³-hybridized carbons (Fsp3) is 0.455. The molecule has 0 heterocycles. The molecule has 0 saturated carbocycles. The molecule has 6 nitrogen and oxygen atoms in total. The lowest BCUT2D eigenvalue weighted by Crippen LogP contribution is -2.66. The van der Waals surface area contributed by atoms with E-state index in [4.69, 9.17) is 28.1 Å². The summed E-state index contributed by atoms with van der Waals surface area (Å²) in [6.07, 6.45) is 2.36. The molecule has 216 valence electrons. The van der Waals surface area contributed by atoms with Crippen molar-refractivity contribution in [3.63, 3.8) is 0 Å². The van der Waals surface area contributed by atoms with Crippen LogP contribution >= 0.6 is 0 Å². The molecule has 0 bridgehead atoms. The Bertz CT molecular complexity index is 1190. The van der Waals surface area contributed by atoms with Gasteiger partial charge in [-0.05, 0) is 52.2 Å². The lowest BCUT2D eigenvalue weighted by molar-refractivity contribution is -0.0813. The van der Waals surface area contributed by atoms with E-state index in [2.05, 4.69) is 81.4 Å². The molecule has 0 amide bonds. The third kappa shape index (κ3) is 5.93. The van der Waals surface area contributed by atoms with E-state index < -0.39 is 8.32 Å². The van der Waals surface area contributed by atoms with Gasteiger partial charge in [0.2, 0.25) is 5.75 Å². The first-order valence-corrected chi connectivity index (χ1v) is 15.9. The summed E-state index contributed by atoms with van der Waals surface area (Å²) in [6, 6.07) is 23.6. The zero-order valence-electron chi connectivity index (χ0n) is 25.0. The van der Waals surface area contributed by atoms with Crippen LogP contribution in [0.5, 0.6) is 17.2 Å². The van der Waals surface area contributed by atoms with E-state index in [-0.39, 0.29) is 23.9 Å². The summed E-state index contributed by atoms with van der Waals surface area (Å²) in [7, 11) is 3.96. The summed E-state index contributed by atoms with van der Waals surface area (Å²) in [6.45, 7) is 7.77. The molecule has 3 aromatic carbocycles. The number of hydrogen-bond acceptors (Lipinski definition) is 6. The molecule has 0 N–H and O–H groups in total. The zero-order chi connectivity index (χ0) is 28.8. The zero-order valence-corrected chi connectivity index (χ0v) is 26.0. The summed E-state index contributed by atoms with van der Waals surface area (Å²) >= 11 is 0. The number of benzene rings is 3. The van der Waals surface area contributed by atoms with Gasteiger partial charge in [0.25, 0.3) is 8.32 Å². The first-order valence-electron chi connectivity index (χ1n) is 14.0. The summed E-state index contributed by atoms with van der Waals surface area (Å²) in [4.78, 5) is 0. The van der Waals surface area contributed by atoms with Gasteiger partial charge >= 0.3 is 0 Å². The summed E-state index contributed by atoms with van der Waals surface area (Å²) < 4.78 is 36.2. The smallest absolute Gasteiger partial charge is 0.261 e. The second kappa shape index (κ2) is 13.2. The Morgan fingerprint density at radius 1 is 0.800 bits per heavy atom. The van der Waals surface area contributed by atoms with E-state index >= 15 is 0 Å². The molecule has 0 aromatic heterocycles. The van der Waals surface area contributed by atoms with E-state index in [0.717, 1.165) is 30.4 Å². The Kier molecular flexibility index (Phi) is 9.95. The molecule has 4 rings (SSSR count). The van der Waals surface area contributed by atoms with E-state index in [9.17, 15) is 0 Å². The largest absolute Gasteiger partial charge is 0.493 e. The second-order valence-electron chi connectivity index (χ2n) is 11.4. The van der Waals surface area contributed by atoms with Gasteiger partial charge in [-0.25, -0.2) is 0 Å². The van der Waals surface area contributed by atoms with E-state index in [1.807, 2.05) is 6.07 Å². The van der Waals surface area contributed by atoms with Crippen LogP contribution in [0.1, 0.15) is 50.8 Å². The lowest BCUT2D eigenvalue weighted by atomic mass is 9.97. The third-order valence-electron chi connectivity index (χ3n) is 8.00. The van der Waals surface area contributed by atoms with E-state index in [0.29, 0.717) is 23.9 Å². The highest BCUT2D eigenvalue weighted by Crippen LogP contribution is 2.48. The topological polar surface area (TPSA) is 55.4 Å². The average Bonchev–Trinajstić information content (AvgIpc) is 3.14. The molecule has 7 heteroatoms. The molecule has 0 fully saturated rings. The second-order valence-corrected chi connectivity index (χ2v) is 15.7. The standard InChI is InChI=1S/C33H44O6Si/c1-33(2,3)40(25-14-10-8-11-15-25,26-16-12-9-13-17-26)39-22-24-18-19-27-28(29(20-24)38-23-34-4)21-30(35-5)32(37-7)31(27)36-6/h8-17,21,24,29H,18-20,22-23H2,1-7H3. The molecule has 0 spiro atoms. The van der Waals surface area contributed by atoms with Crippen LogP contribution in [-0.4, -0.2) is 50.2 Å². The molecular formula is C33H44O6Si. The maximum absolute atomic E-state index is 7.33. The minimum Gasteiger partial charge on any atom is -0.493 e. The molecule has 2 atom stereocenters. The molecule has 2 unspecified atom stereocenters. The lowest BCUT2D eigenvalue weighted by Gasteiger charge is -2.43. The van der Waals surface area contributed by atoms with Crippen LogP contribution in [-0.2, 0) is 20.3 Å². The van der Waals surface area contributed by atoms with Crippen molar-refractivity contribution >= 4 is 18.7 Å². The van der Waals surface area contributed by atoms with Crippen molar-refractivity contribution in [2.24, 2.45) is 5.92 Å². The summed E-state index contributed by atoms with van der Waals surface area (Å²) in [5.74, 6) is 2.21. The highest BCUT2D eigenvalue weighted by Gasteiger charge is 2.50. The van der Waals surface area contributed by atoms with Gasteiger partial charge in [-0.2, -0.15) is 0 Å². The Labute approximate surface area is 240 Å². The highest BCUT2D eigenvalue weighted by atomic mass is 28.4. The van der Waals surface area contributed by atoms with Crippen molar-refractivity contribution < 1.29 is 28.1 Å². The highest BCUT2D eigenvalue weighted by molar-refractivity contribution is 6.99. The van der Waals surface area contributed by atoms with Crippen LogP contribution in [0, 0.1) is 5.92 Å². The normalized spacial score (nSPS) is 17.6. The number of fused-ring (bicyclic) bond motifs is 1. The van der Waals surface area contributed by atoms with Gasteiger partial charge in [-0.3, -0.25) is 0 Å². The van der Waals surface area contributed by atoms with Crippen LogP contribution in [0.2, 0.25) is 5.04 Å². The molecule has 0 radical (unpaired) electrons. The first kappa shape index (κ1) is 30.1. The minimum absolute atomic E-state index is 0.0840. The Morgan fingerprint density at radius 3 is 1.90 bits per heavy atom. The number of rotatable bonds is 11. The van der Waals surface area contributed by atoms with E-state index in [1.54, 1.807) is 28.4 Å². The maximum Gasteiger partial charge on any atom is 0.261 e. The Morgan fingerprint density at radius 2 is 1.40 bits per heavy atom. The molecule has 0 aliphatic heterocycles. The van der Waals surface area contributed by atoms with Crippen molar-refractivity contribution in [1.29, 1.82) is 0 Å². The van der Waals surface area contributed by atoms with Crippen LogP contribution in [0.3, 0.4) is 0 Å². The van der Waals surface area contributed by atoms with Crippen molar-refractivity contribution in [2.75, 3.05) is 41.8 Å². The molecular weight excluding hydrogens is 520 g/mol. The van der Waals surface area contributed by atoms with Crippen molar-refractivity contribution in [3.05, 3.63) is 77.9 Å². The van der Waals surface area contributed by atoms with Gasteiger partial charge in [-0.15, -0.1) is 0 Å². The third-order valence-corrected chi connectivity index (χ3v) is 13.0. The quantitative estimate of drug-likeness (QED) is 0.164. The van der Waals surface area contributed by atoms with Gasteiger partial charge in [-0.1, -0.05) is 81.4 Å². The average molecular weight is 565 g/mol. The van der Waals surface area contributed by atoms with Gasteiger partial charge in [0.15, 0.2) is 11.5 Å². The minimum atomic E-state index is -2.65. The fourth-order valence-electron chi connectivity index (χ4n) is 6.14. The van der Waals surface area contributed by atoms with E-state index in [1.165, 1.54) is 10.4 Å². The van der Waals surface area contributed by atoms with Gasteiger partial charge < -0.3 is 28.1 Å². The van der Waals surface area contributed by atoms with Crippen LogP contribution in [0.25, 0.3) is 0 Å². The number of ether oxygens (including phenoxy) is 5. The molecule has 0 saturated heterocycles. The van der Waals surface area contributed by atoms with Crippen molar-refractivity contribution in [1.82, 2.24) is 0 Å². The predicted molar refractivity (Wildman–Crippen MR) is 162 cm³/mol.